The van der Waals surface area contributed by atoms with Gasteiger partial charge >= 0.3 is 0 Å². The van der Waals surface area contributed by atoms with Crippen molar-refractivity contribution >= 4 is 34.2 Å². The Balaban J connectivity index is 0.00000225. The van der Waals surface area contributed by atoms with Crippen molar-refractivity contribution in [1.29, 1.82) is 0 Å². The van der Waals surface area contributed by atoms with Crippen LogP contribution in [0.2, 0.25) is 0 Å². The van der Waals surface area contributed by atoms with Crippen LogP contribution in [0.3, 0.4) is 0 Å². The first-order chi connectivity index (χ1) is 7.22. The summed E-state index contributed by atoms with van der Waals surface area (Å²) in [5.41, 5.74) is 6.41. The molecule has 3 nitrogen and oxygen atoms in total. The van der Waals surface area contributed by atoms with Gasteiger partial charge in [-0.15, -0.1) is 12.4 Å². The summed E-state index contributed by atoms with van der Waals surface area (Å²) in [4.78, 5) is 11.3. The highest BCUT2D eigenvalue weighted by Crippen LogP contribution is 2.11. The summed E-state index contributed by atoms with van der Waals surface area (Å²) in [7, 11) is 0. The van der Waals surface area contributed by atoms with Crippen LogP contribution in [0.25, 0.3) is 0 Å². The average Bonchev–Trinajstić information content (AvgIpc) is 2.23. The zero-order chi connectivity index (χ0) is 11.1. The Morgan fingerprint density at radius 2 is 2.19 bits per heavy atom. The second kappa shape index (κ2) is 8.56. The van der Waals surface area contributed by atoms with Gasteiger partial charge in [-0.3, -0.25) is 4.79 Å². The van der Waals surface area contributed by atoms with E-state index in [2.05, 4.69) is 21.2 Å². The van der Waals surface area contributed by atoms with Gasteiger partial charge in [-0.25, -0.2) is 0 Å². The molecule has 0 saturated carbocycles. The summed E-state index contributed by atoms with van der Waals surface area (Å²) in [6.07, 6.45) is 1.24. The first-order valence-electron chi connectivity index (χ1n) is 4.93. The van der Waals surface area contributed by atoms with Crippen LogP contribution < -0.4 is 11.1 Å². The van der Waals surface area contributed by atoms with Gasteiger partial charge in [0.15, 0.2) is 0 Å². The number of amides is 1. The van der Waals surface area contributed by atoms with Crippen LogP contribution in [0.5, 0.6) is 0 Å². The van der Waals surface area contributed by atoms with Crippen molar-refractivity contribution in [2.24, 2.45) is 5.73 Å². The maximum absolute atomic E-state index is 11.3. The van der Waals surface area contributed by atoms with Crippen molar-refractivity contribution in [3.05, 3.63) is 34.3 Å². The number of halogens is 2. The lowest BCUT2D eigenvalue weighted by Gasteiger charge is -2.05. The van der Waals surface area contributed by atoms with Crippen LogP contribution in [0, 0.1) is 0 Å². The fourth-order valence-corrected chi connectivity index (χ4v) is 1.65. The summed E-state index contributed by atoms with van der Waals surface area (Å²) in [6, 6.07) is 7.88. The number of nitrogens with one attached hydrogen (secondary N) is 1. The predicted octanol–water partition coefficient (Wildman–Crippen LogP) is 2.23. The van der Waals surface area contributed by atoms with Crippen LogP contribution >= 0.6 is 28.3 Å². The Bertz CT molecular complexity index is 334. The maximum atomic E-state index is 11.3. The van der Waals surface area contributed by atoms with Crippen molar-refractivity contribution in [2.45, 2.75) is 19.4 Å². The van der Waals surface area contributed by atoms with Gasteiger partial charge < -0.3 is 11.1 Å². The summed E-state index contributed by atoms with van der Waals surface area (Å²) in [5.74, 6) is 0.0559. The molecule has 0 unspecified atom stereocenters. The fourth-order valence-electron chi connectivity index (χ4n) is 1.20. The highest BCUT2D eigenvalue weighted by molar-refractivity contribution is 9.10. The van der Waals surface area contributed by atoms with Crippen molar-refractivity contribution < 1.29 is 4.79 Å². The van der Waals surface area contributed by atoms with Crippen LogP contribution in [-0.4, -0.2) is 12.5 Å². The summed E-state index contributed by atoms with van der Waals surface area (Å²) < 4.78 is 1.02. The lowest BCUT2D eigenvalue weighted by atomic mass is 10.2. The number of hydrogen-bond donors (Lipinski definition) is 2. The molecule has 0 aliphatic rings. The monoisotopic (exact) mass is 306 g/mol. The molecule has 0 spiro atoms. The molecule has 1 aromatic carbocycles. The van der Waals surface area contributed by atoms with Gasteiger partial charge in [0, 0.05) is 17.4 Å². The molecule has 1 rings (SSSR count). The Morgan fingerprint density at radius 3 is 2.81 bits per heavy atom. The van der Waals surface area contributed by atoms with E-state index in [1.807, 2.05) is 24.3 Å². The molecule has 1 amide bonds. The Hall–Kier alpha value is -0.580. The SMILES string of the molecule is Cl.NCCCC(=O)NCc1cccc(Br)c1. The molecule has 3 N–H and O–H groups in total. The third-order valence-corrected chi connectivity index (χ3v) is 2.48. The van der Waals surface area contributed by atoms with Crippen molar-refractivity contribution in [3.8, 4) is 0 Å². The van der Waals surface area contributed by atoms with Crippen molar-refractivity contribution in [1.82, 2.24) is 5.32 Å². The van der Waals surface area contributed by atoms with E-state index >= 15 is 0 Å². The van der Waals surface area contributed by atoms with E-state index in [-0.39, 0.29) is 18.3 Å². The van der Waals surface area contributed by atoms with Gasteiger partial charge in [-0.2, -0.15) is 0 Å². The molecule has 0 aliphatic carbocycles. The maximum Gasteiger partial charge on any atom is 0.220 e. The third kappa shape index (κ3) is 6.10. The zero-order valence-electron chi connectivity index (χ0n) is 8.91. The summed E-state index contributed by atoms with van der Waals surface area (Å²) in [5, 5.41) is 2.85. The molecule has 0 aromatic heterocycles. The van der Waals surface area contributed by atoms with Gasteiger partial charge in [0.25, 0.3) is 0 Å². The average molecular weight is 308 g/mol. The Morgan fingerprint density at radius 1 is 1.44 bits per heavy atom. The first-order valence-corrected chi connectivity index (χ1v) is 5.73. The second-order valence-electron chi connectivity index (χ2n) is 3.30. The molecule has 16 heavy (non-hydrogen) atoms. The lowest BCUT2D eigenvalue weighted by molar-refractivity contribution is -0.121. The van der Waals surface area contributed by atoms with E-state index in [0.29, 0.717) is 19.5 Å². The quantitative estimate of drug-likeness (QED) is 0.876. The number of hydrogen-bond acceptors (Lipinski definition) is 2. The number of rotatable bonds is 5. The molecule has 0 radical (unpaired) electrons. The Kier molecular flexibility index (Phi) is 8.25. The molecule has 0 aliphatic heterocycles. The largest absolute Gasteiger partial charge is 0.352 e. The molecule has 0 atom stereocenters. The topological polar surface area (TPSA) is 55.1 Å². The highest BCUT2D eigenvalue weighted by Gasteiger charge is 2.00. The van der Waals surface area contributed by atoms with Gasteiger partial charge in [-0.05, 0) is 30.7 Å². The smallest absolute Gasteiger partial charge is 0.220 e. The van der Waals surface area contributed by atoms with Crippen LogP contribution in [0.15, 0.2) is 28.7 Å². The summed E-state index contributed by atoms with van der Waals surface area (Å²) >= 11 is 3.38. The zero-order valence-corrected chi connectivity index (χ0v) is 11.3. The lowest BCUT2D eigenvalue weighted by Crippen LogP contribution is -2.23. The summed E-state index contributed by atoms with van der Waals surface area (Å²) in [6.45, 7) is 1.13. The number of benzene rings is 1. The van der Waals surface area contributed by atoms with Gasteiger partial charge in [0.1, 0.15) is 0 Å². The van der Waals surface area contributed by atoms with Gasteiger partial charge in [0.05, 0.1) is 0 Å². The molecule has 0 saturated heterocycles. The van der Waals surface area contributed by atoms with E-state index < -0.39 is 0 Å². The molecule has 0 heterocycles. The number of carbonyl (C=O) groups excluding carboxylic acids is 1. The first kappa shape index (κ1) is 15.4. The third-order valence-electron chi connectivity index (χ3n) is 1.99. The molecular weight excluding hydrogens is 291 g/mol. The van der Waals surface area contributed by atoms with Crippen LogP contribution in [-0.2, 0) is 11.3 Å². The van der Waals surface area contributed by atoms with Crippen molar-refractivity contribution in [2.75, 3.05) is 6.54 Å². The molecule has 1 aromatic rings. The van der Waals surface area contributed by atoms with Crippen molar-refractivity contribution in [3.63, 3.8) is 0 Å². The molecule has 90 valence electrons. The van der Waals surface area contributed by atoms with E-state index in [1.54, 1.807) is 0 Å². The second-order valence-corrected chi connectivity index (χ2v) is 4.21. The number of nitrogens with two attached hydrogens (primary N) is 1. The van der Waals surface area contributed by atoms with E-state index in [0.717, 1.165) is 16.5 Å². The number of carbonyl (C=O) groups is 1. The minimum Gasteiger partial charge on any atom is -0.352 e. The molecular formula is C11H16BrClN2O. The highest BCUT2D eigenvalue weighted by atomic mass is 79.9. The fraction of sp³-hybridized carbons (Fsp3) is 0.364. The van der Waals surface area contributed by atoms with Gasteiger partial charge in [-0.1, -0.05) is 28.1 Å². The van der Waals surface area contributed by atoms with E-state index in [1.165, 1.54) is 0 Å². The van der Waals surface area contributed by atoms with E-state index in [9.17, 15) is 4.79 Å². The van der Waals surface area contributed by atoms with Crippen LogP contribution in [0.1, 0.15) is 18.4 Å². The van der Waals surface area contributed by atoms with Crippen LogP contribution in [0.4, 0.5) is 0 Å². The van der Waals surface area contributed by atoms with E-state index in [4.69, 9.17) is 5.73 Å². The minimum absolute atomic E-state index is 0. The van der Waals surface area contributed by atoms with Gasteiger partial charge in [0.2, 0.25) is 5.91 Å². The molecule has 5 heteroatoms. The molecule has 0 fully saturated rings. The molecule has 0 bridgehead atoms. The predicted molar refractivity (Wildman–Crippen MR) is 71.5 cm³/mol. The minimum atomic E-state index is 0. The standard InChI is InChI=1S/C11H15BrN2O.ClH/c12-10-4-1-3-9(7-10)8-14-11(15)5-2-6-13;/h1,3-4,7H,2,5-6,8,13H2,(H,14,15);1H. The normalized spacial score (nSPS) is 9.38. The Labute approximate surface area is 110 Å².